The van der Waals surface area contributed by atoms with Gasteiger partial charge in [0.2, 0.25) is 5.91 Å². The number of para-hydroxylation sites is 1. The van der Waals surface area contributed by atoms with Crippen LogP contribution in [0, 0.1) is 5.92 Å². The van der Waals surface area contributed by atoms with Gasteiger partial charge >= 0.3 is 0 Å². The van der Waals surface area contributed by atoms with Gasteiger partial charge in [-0.05, 0) is 49.4 Å². The van der Waals surface area contributed by atoms with Crippen LogP contribution in [0.3, 0.4) is 0 Å². The zero-order valence-electron chi connectivity index (χ0n) is 24.3. The molecule has 9 heteroatoms. The SMILES string of the molecule is O=C(CCCCCN1C(=O)c2ccccc2N2C(=O)c3ccccc3C12)NCCN1C[C@H]2C[C@@H](C1)c1cccc(=O)n1C2. The third kappa shape index (κ3) is 5.05. The summed E-state index contributed by atoms with van der Waals surface area (Å²) in [7, 11) is 0. The van der Waals surface area contributed by atoms with Crippen LogP contribution in [0.5, 0.6) is 0 Å². The Hall–Kier alpha value is -4.24. The average Bonchev–Trinajstić information content (AvgIpc) is 3.31. The molecule has 3 atom stereocenters. The molecule has 1 unspecified atom stereocenters. The molecular formula is C34H37N5O4. The molecule has 7 rings (SSSR count). The molecule has 0 aliphatic carbocycles. The number of aromatic nitrogens is 1. The predicted octanol–water partition coefficient (Wildman–Crippen LogP) is 3.76. The number of carbonyl (C=O) groups excluding carboxylic acids is 3. The van der Waals surface area contributed by atoms with Gasteiger partial charge in [-0.3, -0.25) is 24.1 Å². The monoisotopic (exact) mass is 579 g/mol. The summed E-state index contributed by atoms with van der Waals surface area (Å²) < 4.78 is 1.94. The van der Waals surface area contributed by atoms with E-state index >= 15 is 0 Å². The minimum atomic E-state index is -0.432. The molecule has 3 aromatic rings. The number of piperidine rings is 1. The molecule has 1 aromatic heterocycles. The smallest absolute Gasteiger partial charge is 0.260 e. The first-order chi connectivity index (χ1) is 21.0. The molecule has 4 aliphatic rings. The number of pyridine rings is 1. The number of benzene rings is 2. The van der Waals surface area contributed by atoms with E-state index < -0.39 is 6.17 Å². The van der Waals surface area contributed by atoms with Gasteiger partial charge in [-0.1, -0.05) is 42.8 Å². The molecular weight excluding hydrogens is 542 g/mol. The van der Waals surface area contributed by atoms with Crippen molar-refractivity contribution in [3.05, 3.63) is 99.5 Å². The molecule has 3 amide bonds. The molecule has 1 fully saturated rings. The Morgan fingerprint density at radius 1 is 0.791 bits per heavy atom. The predicted molar refractivity (Wildman–Crippen MR) is 163 cm³/mol. The third-order valence-electron chi connectivity index (χ3n) is 9.49. The van der Waals surface area contributed by atoms with Crippen LogP contribution in [0.25, 0.3) is 0 Å². The van der Waals surface area contributed by atoms with Crippen LogP contribution in [-0.2, 0) is 11.3 Å². The summed E-state index contributed by atoms with van der Waals surface area (Å²) in [6.45, 7) is 4.61. The van der Waals surface area contributed by atoms with Crippen LogP contribution in [0.15, 0.2) is 71.5 Å². The van der Waals surface area contributed by atoms with Gasteiger partial charge in [-0.2, -0.15) is 0 Å². The summed E-state index contributed by atoms with van der Waals surface area (Å²) in [5, 5.41) is 3.08. The summed E-state index contributed by atoms with van der Waals surface area (Å²) in [5.74, 6) is 0.774. The highest BCUT2D eigenvalue weighted by molar-refractivity contribution is 6.16. The first-order valence-corrected chi connectivity index (χ1v) is 15.5. The van der Waals surface area contributed by atoms with Crippen molar-refractivity contribution in [2.24, 2.45) is 5.92 Å². The molecule has 4 aliphatic heterocycles. The van der Waals surface area contributed by atoms with E-state index in [0.717, 1.165) is 63.1 Å². The summed E-state index contributed by atoms with van der Waals surface area (Å²) in [6, 6.07) is 20.5. The molecule has 2 aromatic carbocycles. The number of hydrogen-bond acceptors (Lipinski definition) is 5. The number of rotatable bonds is 9. The maximum Gasteiger partial charge on any atom is 0.260 e. The highest BCUT2D eigenvalue weighted by Gasteiger charge is 2.47. The summed E-state index contributed by atoms with van der Waals surface area (Å²) >= 11 is 0. The van der Waals surface area contributed by atoms with Gasteiger partial charge < -0.3 is 19.7 Å². The Morgan fingerprint density at radius 2 is 1.60 bits per heavy atom. The second kappa shape index (κ2) is 11.4. The van der Waals surface area contributed by atoms with Crippen LogP contribution >= 0.6 is 0 Å². The lowest BCUT2D eigenvalue weighted by atomic mass is 9.83. The molecule has 9 nitrogen and oxygen atoms in total. The molecule has 1 saturated heterocycles. The fourth-order valence-electron chi connectivity index (χ4n) is 7.56. The molecule has 0 radical (unpaired) electrons. The van der Waals surface area contributed by atoms with E-state index in [2.05, 4.69) is 16.3 Å². The van der Waals surface area contributed by atoms with Crippen LogP contribution in [-0.4, -0.2) is 64.8 Å². The molecule has 5 heterocycles. The molecule has 222 valence electrons. The van der Waals surface area contributed by atoms with Crippen LogP contribution in [0.1, 0.15) is 76.2 Å². The normalized spacial score (nSPS) is 22.1. The number of unbranched alkanes of at least 4 members (excludes halogenated alkanes) is 2. The van der Waals surface area contributed by atoms with Crippen molar-refractivity contribution in [1.82, 2.24) is 19.7 Å². The van der Waals surface area contributed by atoms with Gasteiger partial charge in [0.05, 0.1) is 11.3 Å². The Balaban J connectivity index is 0.881. The Labute approximate surface area is 251 Å². The number of likely N-dealkylation sites (tertiary alicyclic amines) is 1. The number of nitrogens with zero attached hydrogens (tertiary/aromatic N) is 4. The topological polar surface area (TPSA) is 95.0 Å². The highest BCUT2D eigenvalue weighted by atomic mass is 16.2. The van der Waals surface area contributed by atoms with E-state index in [1.54, 1.807) is 17.0 Å². The first kappa shape index (κ1) is 27.6. The maximum atomic E-state index is 13.5. The highest BCUT2D eigenvalue weighted by Crippen LogP contribution is 2.45. The van der Waals surface area contributed by atoms with Crippen molar-refractivity contribution in [3.63, 3.8) is 0 Å². The summed E-state index contributed by atoms with van der Waals surface area (Å²) in [6.07, 6.45) is 3.46. The van der Waals surface area contributed by atoms with Gasteiger partial charge in [-0.15, -0.1) is 0 Å². The van der Waals surface area contributed by atoms with E-state index in [1.807, 2.05) is 58.0 Å². The number of hydrogen-bond donors (Lipinski definition) is 1. The molecule has 0 spiro atoms. The fraction of sp³-hybridized carbons (Fsp3) is 0.412. The quantitative estimate of drug-likeness (QED) is 0.390. The van der Waals surface area contributed by atoms with Crippen molar-refractivity contribution in [1.29, 1.82) is 0 Å². The number of nitrogens with one attached hydrogen (secondary N) is 1. The van der Waals surface area contributed by atoms with Gasteiger partial charge in [0, 0.05) is 74.5 Å². The first-order valence-electron chi connectivity index (χ1n) is 15.5. The van der Waals surface area contributed by atoms with E-state index in [4.69, 9.17) is 0 Å². The zero-order valence-corrected chi connectivity index (χ0v) is 24.3. The lowest BCUT2D eigenvalue weighted by molar-refractivity contribution is -0.121. The number of fused-ring (bicyclic) bond motifs is 9. The minimum Gasteiger partial charge on any atom is -0.355 e. The van der Waals surface area contributed by atoms with Crippen molar-refractivity contribution in [3.8, 4) is 0 Å². The summed E-state index contributed by atoms with van der Waals surface area (Å²) in [5.41, 5.74) is 3.97. The van der Waals surface area contributed by atoms with E-state index in [-0.39, 0.29) is 23.3 Å². The number of anilines is 1. The lowest BCUT2D eigenvalue weighted by Crippen LogP contribution is -2.48. The second-order valence-electron chi connectivity index (χ2n) is 12.3. The standard InChI is InChI=1S/C34H37N5O4/c40-30(35-16-18-36-20-23-19-24(22-36)28-13-8-15-31(41)38(28)21-23)14-2-1-7-17-37-32-25-9-3-4-10-26(25)34(43)39(32)29-12-6-5-11-27(29)33(37)42/h3-6,8-13,15,23-24,32H,1-2,7,14,16-22H2,(H,35,40)/t23-,24+,32?/m1/s1. The Kier molecular flexibility index (Phi) is 7.34. The van der Waals surface area contributed by atoms with Crippen LogP contribution in [0.4, 0.5) is 5.69 Å². The minimum absolute atomic E-state index is 0.0542. The van der Waals surface area contributed by atoms with Crippen molar-refractivity contribution in [2.45, 2.75) is 50.7 Å². The largest absolute Gasteiger partial charge is 0.355 e. The molecule has 2 bridgehead atoms. The fourth-order valence-corrected chi connectivity index (χ4v) is 7.56. The van der Waals surface area contributed by atoms with Gasteiger partial charge in [0.15, 0.2) is 0 Å². The van der Waals surface area contributed by atoms with Crippen molar-refractivity contribution in [2.75, 3.05) is 37.6 Å². The molecule has 43 heavy (non-hydrogen) atoms. The Bertz CT molecular complexity index is 1630. The van der Waals surface area contributed by atoms with Crippen LogP contribution in [0.2, 0.25) is 0 Å². The zero-order chi connectivity index (χ0) is 29.5. The average molecular weight is 580 g/mol. The third-order valence-corrected chi connectivity index (χ3v) is 9.49. The number of amides is 3. The van der Waals surface area contributed by atoms with Gasteiger partial charge in [0.1, 0.15) is 6.17 Å². The lowest BCUT2D eigenvalue weighted by Gasteiger charge is -2.42. The summed E-state index contributed by atoms with van der Waals surface area (Å²) in [4.78, 5) is 57.7. The van der Waals surface area contributed by atoms with Crippen molar-refractivity contribution < 1.29 is 14.4 Å². The second-order valence-corrected chi connectivity index (χ2v) is 12.3. The Morgan fingerprint density at radius 3 is 2.49 bits per heavy atom. The molecule has 1 N–H and O–H groups in total. The molecule has 0 saturated carbocycles. The maximum absolute atomic E-state index is 13.5. The van der Waals surface area contributed by atoms with E-state index in [1.165, 1.54) is 0 Å². The van der Waals surface area contributed by atoms with Gasteiger partial charge in [-0.25, -0.2) is 0 Å². The van der Waals surface area contributed by atoms with E-state index in [9.17, 15) is 19.2 Å². The van der Waals surface area contributed by atoms with Gasteiger partial charge in [0.25, 0.3) is 17.4 Å². The number of carbonyl (C=O) groups is 3. The van der Waals surface area contributed by atoms with Crippen LogP contribution < -0.4 is 15.8 Å². The van der Waals surface area contributed by atoms with E-state index in [0.29, 0.717) is 48.2 Å². The van der Waals surface area contributed by atoms with Crippen molar-refractivity contribution >= 4 is 23.4 Å².